The lowest BCUT2D eigenvalue weighted by Gasteiger charge is -2.41. The molecule has 4 N–H and O–H groups in total. The van der Waals surface area contributed by atoms with E-state index in [1.165, 1.54) is 30.3 Å². The van der Waals surface area contributed by atoms with Crippen LogP contribution in [0.15, 0.2) is 71.9 Å². The van der Waals surface area contributed by atoms with Crippen molar-refractivity contribution in [3.05, 3.63) is 78.4 Å². The quantitative estimate of drug-likeness (QED) is 0.275. The molecule has 13 heteroatoms. The lowest BCUT2D eigenvalue weighted by molar-refractivity contribution is -0.148. The minimum absolute atomic E-state index is 0.0120. The lowest BCUT2D eigenvalue weighted by Crippen LogP contribution is -2.67. The molecule has 0 spiro atoms. The Kier molecular flexibility index (Phi) is 9.12. The molecule has 1 saturated heterocycles. The van der Waals surface area contributed by atoms with Crippen molar-refractivity contribution < 1.29 is 27.5 Å². The van der Waals surface area contributed by atoms with Crippen LogP contribution in [-0.2, 0) is 14.8 Å². The summed E-state index contributed by atoms with van der Waals surface area (Å²) in [6, 6.07) is 13.2. The molecular formula is C29H35FN6O5S. The Labute approximate surface area is 244 Å². The summed E-state index contributed by atoms with van der Waals surface area (Å²) >= 11 is 0. The Morgan fingerprint density at radius 3 is 2.26 bits per heavy atom. The fourth-order valence-electron chi connectivity index (χ4n) is 4.82. The van der Waals surface area contributed by atoms with Crippen LogP contribution >= 0.6 is 0 Å². The van der Waals surface area contributed by atoms with E-state index < -0.39 is 45.2 Å². The third-order valence-electron chi connectivity index (χ3n) is 7.43. The van der Waals surface area contributed by atoms with Gasteiger partial charge in [-0.3, -0.25) is 9.59 Å². The van der Waals surface area contributed by atoms with Gasteiger partial charge in [0.1, 0.15) is 5.82 Å². The first-order valence-electron chi connectivity index (χ1n) is 13.5. The van der Waals surface area contributed by atoms with Gasteiger partial charge in [-0.2, -0.15) is 4.72 Å². The summed E-state index contributed by atoms with van der Waals surface area (Å²) < 4.78 is 43.3. The Morgan fingerprint density at radius 1 is 1.02 bits per heavy atom. The maximum atomic E-state index is 14.7. The third-order valence-corrected chi connectivity index (χ3v) is 8.94. The number of nitrogens with one attached hydrogen (secondary N) is 3. The zero-order valence-electron chi connectivity index (χ0n) is 23.7. The number of hydrogen-bond donors (Lipinski definition) is 4. The fraction of sp³-hybridized carbons (Fsp3) is 0.379. The summed E-state index contributed by atoms with van der Waals surface area (Å²) in [5, 5.41) is 16.1. The molecule has 11 nitrogen and oxygen atoms in total. The Hall–Kier alpha value is -4.10. The topological polar surface area (TPSA) is 154 Å². The minimum atomic E-state index is -4.27. The van der Waals surface area contributed by atoms with E-state index in [-0.39, 0.29) is 16.5 Å². The number of carbonyl (C=O) groups excluding carboxylic acids is 1. The van der Waals surface area contributed by atoms with Gasteiger partial charge in [0.05, 0.1) is 4.90 Å². The summed E-state index contributed by atoms with van der Waals surface area (Å²) in [6.45, 7) is 5.29. The molecule has 0 saturated carbocycles. The summed E-state index contributed by atoms with van der Waals surface area (Å²) in [6.07, 6.45) is 4.79. The molecule has 2 aromatic carbocycles. The maximum Gasteiger partial charge on any atom is 0.327 e. The van der Waals surface area contributed by atoms with Crippen LogP contribution in [0.1, 0.15) is 44.0 Å². The molecule has 1 fully saturated rings. The molecule has 1 aliphatic heterocycles. The number of piperidine rings is 1. The molecule has 0 radical (unpaired) electrons. The number of rotatable bonds is 10. The van der Waals surface area contributed by atoms with Crippen molar-refractivity contribution in [3.8, 4) is 0 Å². The number of anilines is 2. The standard InChI is InChI=1S/C29H35FN6O5S/c1-28(2,3)29(26(38)39,35-42(40,41)24-8-5-4-6-9-24)19-33-25(37)20-16-21(30)18-23(17-20)36-14-10-22(11-15-36)34-27-31-12-7-13-32-27/h4-9,12-13,16-18,22,35H,10-11,14-15,19H2,1-3H3,(H,33,37)(H,38,39)(H,31,32,34)/t29-/m1/s1. The SMILES string of the molecule is CC(C)(C)[C@](CNC(=O)c1cc(F)cc(N2CCC(Nc3ncccn3)CC2)c1)(NS(=O)(=O)c1ccccc1)C(=O)O. The second-order valence-electron chi connectivity index (χ2n) is 11.2. The van der Waals surface area contributed by atoms with Crippen LogP contribution in [0.2, 0.25) is 0 Å². The van der Waals surface area contributed by atoms with Gasteiger partial charge in [-0.15, -0.1) is 0 Å². The van der Waals surface area contributed by atoms with Crippen molar-refractivity contribution in [2.75, 3.05) is 29.9 Å². The van der Waals surface area contributed by atoms with Crippen LogP contribution in [0.4, 0.5) is 16.0 Å². The van der Waals surface area contributed by atoms with Crippen LogP contribution in [0.3, 0.4) is 0 Å². The largest absolute Gasteiger partial charge is 0.480 e. The van der Waals surface area contributed by atoms with Crippen molar-refractivity contribution >= 4 is 33.5 Å². The second kappa shape index (κ2) is 12.4. The molecule has 1 amide bonds. The van der Waals surface area contributed by atoms with E-state index in [1.807, 2.05) is 4.90 Å². The van der Waals surface area contributed by atoms with Gasteiger partial charge >= 0.3 is 5.97 Å². The molecule has 3 aromatic rings. The normalized spacial score (nSPS) is 16.0. The number of amides is 1. The number of aromatic nitrogens is 2. The van der Waals surface area contributed by atoms with Crippen molar-refractivity contribution in [2.24, 2.45) is 5.41 Å². The molecule has 2 heterocycles. The first-order chi connectivity index (χ1) is 19.8. The molecular weight excluding hydrogens is 563 g/mol. The fourth-order valence-corrected chi connectivity index (χ4v) is 6.38. The Morgan fingerprint density at radius 2 is 1.67 bits per heavy atom. The monoisotopic (exact) mass is 598 g/mol. The summed E-state index contributed by atoms with van der Waals surface area (Å²) in [7, 11) is -4.27. The highest BCUT2D eigenvalue weighted by atomic mass is 32.2. The summed E-state index contributed by atoms with van der Waals surface area (Å²) in [5.74, 6) is -2.28. The highest BCUT2D eigenvalue weighted by Gasteiger charge is 2.52. The summed E-state index contributed by atoms with van der Waals surface area (Å²) in [4.78, 5) is 36.1. The van der Waals surface area contributed by atoms with Crippen LogP contribution in [0.25, 0.3) is 0 Å². The van der Waals surface area contributed by atoms with Crippen molar-refractivity contribution in [1.82, 2.24) is 20.0 Å². The predicted molar refractivity (Wildman–Crippen MR) is 156 cm³/mol. The van der Waals surface area contributed by atoms with Gasteiger partial charge in [0, 0.05) is 49.3 Å². The average molecular weight is 599 g/mol. The van der Waals surface area contributed by atoms with E-state index in [4.69, 9.17) is 0 Å². The van der Waals surface area contributed by atoms with Gasteiger partial charge in [-0.1, -0.05) is 39.0 Å². The van der Waals surface area contributed by atoms with Crippen LogP contribution in [0, 0.1) is 11.2 Å². The first kappa shape index (κ1) is 30.8. The van der Waals surface area contributed by atoms with Gasteiger partial charge in [0.25, 0.3) is 5.91 Å². The number of benzene rings is 2. The van der Waals surface area contributed by atoms with E-state index in [1.54, 1.807) is 51.4 Å². The van der Waals surface area contributed by atoms with E-state index in [9.17, 15) is 27.5 Å². The molecule has 1 aliphatic rings. The predicted octanol–water partition coefficient (Wildman–Crippen LogP) is 3.27. The zero-order chi connectivity index (χ0) is 30.5. The number of carboxylic acids is 1. The molecule has 0 unspecified atom stereocenters. The van der Waals surface area contributed by atoms with E-state index in [0.29, 0.717) is 24.7 Å². The number of nitrogens with zero attached hydrogens (tertiary/aromatic N) is 3. The number of sulfonamides is 1. The van der Waals surface area contributed by atoms with Gasteiger partial charge in [0.15, 0.2) is 5.54 Å². The Bertz CT molecular complexity index is 1510. The van der Waals surface area contributed by atoms with E-state index in [2.05, 4.69) is 25.3 Å². The van der Waals surface area contributed by atoms with Gasteiger partial charge in [-0.25, -0.2) is 22.8 Å². The minimum Gasteiger partial charge on any atom is -0.480 e. The molecule has 42 heavy (non-hydrogen) atoms. The molecule has 224 valence electrons. The maximum absolute atomic E-state index is 14.7. The molecule has 1 aromatic heterocycles. The Balaban J connectivity index is 1.49. The second-order valence-corrected chi connectivity index (χ2v) is 12.9. The number of carboxylic acid groups (broad SMARTS) is 1. The third kappa shape index (κ3) is 7.02. The van der Waals surface area contributed by atoms with Crippen LogP contribution < -0.4 is 20.3 Å². The molecule has 1 atom stereocenters. The van der Waals surface area contributed by atoms with Crippen molar-refractivity contribution in [2.45, 2.75) is 50.1 Å². The molecule has 0 bridgehead atoms. The smallest absolute Gasteiger partial charge is 0.327 e. The molecule has 4 rings (SSSR count). The average Bonchev–Trinajstić information content (AvgIpc) is 2.95. The highest BCUT2D eigenvalue weighted by molar-refractivity contribution is 7.89. The number of aliphatic carboxylic acids is 1. The lowest BCUT2D eigenvalue weighted by atomic mass is 9.74. The van der Waals surface area contributed by atoms with Crippen LogP contribution in [-0.4, -0.2) is 66.6 Å². The molecule has 0 aliphatic carbocycles. The summed E-state index contributed by atoms with van der Waals surface area (Å²) in [5.41, 5.74) is -2.79. The van der Waals surface area contributed by atoms with Gasteiger partial charge in [0.2, 0.25) is 16.0 Å². The highest BCUT2D eigenvalue weighted by Crippen LogP contribution is 2.32. The van der Waals surface area contributed by atoms with Crippen molar-refractivity contribution in [1.29, 1.82) is 0 Å². The number of carbonyl (C=O) groups is 2. The number of hydrogen-bond acceptors (Lipinski definition) is 8. The van der Waals surface area contributed by atoms with Gasteiger partial charge < -0.3 is 20.6 Å². The van der Waals surface area contributed by atoms with E-state index in [0.717, 1.165) is 18.9 Å². The van der Waals surface area contributed by atoms with Crippen molar-refractivity contribution in [3.63, 3.8) is 0 Å². The van der Waals surface area contributed by atoms with Gasteiger partial charge in [-0.05, 0) is 54.7 Å². The number of halogens is 1. The van der Waals surface area contributed by atoms with Crippen LogP contribution in [0.5, 0.6) is 0 Å². The first-order valence-corrected chi connectivity index (χ1v) is 15.0. The zero-order valence-corrected chi connectivity index (χ0v) is 24.5. The van der Waals surface area contributed by atoms with E-state index >= 15 is 0 Å².